The molecule has 2 unspecified atom stereocenters. The second-order valence-electron chi connectivity index (χ2n) is 9.54. The SMILES string of the molecule is O=C(CCCO[N+](=O)[O-])Nc1ccc(C(=O)Oc2ccc(P(=S)([S-])N3CCOCC3)cc2)c(OC(=O)CC(CO[N+](=O)[O-])O[N+](=O)[O-])c1. The van der Waals surface area contributed by atoms with Gasteiger partial charge in [0.25, 0.3) is 15.3 Å². The van der Waals surface area contributed by atoms with Crippen LogP contribution in [0.2, 0.25) is 0 Å². The molecule has 2 aromatic rings. The van der Waals surface area contributed by atoms with E-state index in [9.17, 15) is 44.7 Å². The van der Waals surface area contributed by atoms with Crippen LogP contribution in [-0.4, -0.2) is 83.4 Å². The molecule has 48 heavy (non-hydrogen) atoms. The first kappa shape index (κ1) is 37.8. The Hall–Kier alpha value is -4.63. The summed E-state index contributed by atoms with van der Waals surface area (Å²) in [5.74, 6) is -3.23. The Balaban J connectivity index is 1.79. The lowest BCUT2D eigenvalue weighted by atomic mass is 10.1. The molecule has 23 heteroatoms. The van der Waals surface area contributed by atoms with E-state index in [1.807, 2.05) is 4.67 Å². The monoisotopic (exact) mass is 732 g/mol. The van der Waals surface area contributed by atoms with Gasteiger partial charge in [-0.1, -0.05) is 17.5 Å². The van der Waals surface area contributed by atoms with E-state index < -0.39 is 63.4 Å². The molecule has 3 rings (SSSR count). The molecule has 1 heterocycles. The number of esters is 2. The van der Waals surface area contributed by atoms with Crippen LogP contribution >= 0.6 is 5.39 Å². The largest absolute Gasteiger partial charge is 0.727 e. The van der Waals surface area contributed by atoms with Crippen molar-refractivity contribution in [3.8, 4) is 11.5 Å². The van der Waals surface area contributed by atoms with E-state index in [-0.39, 0.29) is 36.4 Å². The average Bonchev–Trinajstić information content (AvgIpc) is 3.02. The molecule has 1 aliphatic rings. The van der Waals surface area contributed by atoms with Crippen molar-refractivity contribution in [3.63, 3.8) is 0 Å². The van der Waals surface area contributed by atoms with Gasteiger partial charge in [0, 0.05) is 31.3 Å². The molecular weight excluding hydrogens is 705 g/mol. The second kappa shape index (κ2) is 18.1. The Bertz CT molecular complexity index is 1560. The molecule has 0 aliphatic carbocycles. The van der Waals surface area contributed by atoms with Crippen LogP contribution in [-0.2, 0) is 52.9 Å². The standard InChI is InChI=1S/C25H28N5O15PS2/c31-23(2-1-11-41-28(34)35)26-17-3-8-21(22(14-17)44-24(32)15-19(45-30(38)39)16-42-29(36)37)25(33)43-18-4-6-20(7-5-18)46(47,48)27-9-12-40-13-10-27/h3-8,14,19H,1-2,9-13,15-16H2,(H,26,31)(H,47,48)/p-1. The highest BCUT2D eigenvalue weighted by Crippen LogP contribution is 2.46. The first-order valence-electron chi connectivity index (χ1n) is 13.7. The van der Waals surface area contributed by atoms with Gasteiger partial charge in [0.15, 0.2) is 0 Å². The second-order valence-corrected chi connectivity index (χ2v) is 15.5. The zero-order valence-corrected chi connectivity index (χ0v) is 27.2. The zero-order valence-electron chi connectivity index (χ0n) is 24.7. The quantitative estimate of drug-likeness (QED) is 0.0435. The molecule has 0 radical (unpaired) electrons. The lowest BCUT2D eigenvalue weighted by molar-refractivity contribution is -0.789. The summed E-state index contributed by atoms with van der Waals surface area (Å²) in [6.45, 7) is 0.871. The summed E-state index contributed by atoms with van der Waals surface area (Å²) in [4.78, 5) is 82.3. The Kier molecular flexibility index (Phi) is 14.2. The van der Waals surface area contributed by atoms with Gasteiger partial charge in [0.2, 0.25) is 5.91 Å². The van der Waals surface area contributed by atoms with E-state index in [1.165, 1.54) is 18.2 Å². The van der Waals surface area contributed by atoms with Crippen molar-refractivity contribution in [2.75, 3.05) is 44.8 Å². The van der Waals surface area contributed by atoms with Gasteiger partial charge in [-0.25, -0.2) is 4.79 Å². The van der Waals surface area contributed by atoms with Crippen LogP contribution < -0.4 is 20.1 Å². The van der Waals surface area contributed by atoms with Crippen LogP contribution in [0.15, 0.2) is 42.5 Å². The number of carbonyl (C=O) groups is 3. The van der Waals surface area contributed by atoms with Crippen LogP contribution in [0.1, 0.15) is 29.6 Å². The molecule has 1 N–H and O–H groups in total. The predicted octanol–water partition coefficient (Wildman–Crippen LogP) is 1.73. The predicted molar refractivity (Wildman–Crippen MR) is 167 cm³/mol. The Labute approximate surface area is 281 Å². The summed E-state index contributed by atoms with van der Waals surface area (Å²) in [5.41, 5.74) is -0.298. The molecule has 2 aromatic carbocycles. The third kappa shape index (κ3) is 12.2. The van der Waals surface area contributed by atoms with Gasteiger partial charge in [-0.3, -0.25) is 14.3 Å². The Morgan fingerprint density at radius 1 is 0.979 bits per heavy atom. The smallest absolute Gasteiger partial charge is 0.347 e. The minimum absolute atomic E-state index is 0.00555. The number of amides is 1. The van der Waals surface area contributed by atoms with E-state index in [0.29, 0.717) is 31.6 Å². The molecule has 260 valence electrons. The van der Waals surface area contributed by atoms with Crippen LogP contribution in [0, 0.1) is 30.3 Å². The normalized spacial score (nSPS) is 14.8. The van der Waals surface area contributed by atoms with Crippen molar-refractivity contribution in [2.45, 2.75) is 25.4 Å². The molecule has 2 atom stereocenters. The van der Waals surface area contributed by atoms with Gasteiger partial charge < -0.3 is 46.3 Å². The highest BCUT2D eigenvalue weighted by Gasteiger charge is 2.25. The summed E-state index contributed by atoms with van der Waals surface area (Å²) in [6, 6.07) is 9.77. The number of benzene rings is 2. The van der Waals surface area contributed by atoms with Crippen LogP contribution in [0.3, 0.4) is 0 Å². The molecule has 1 fully saturated rings. The summed E-state index contributed by atoms with van der Waals surface area (Å²) >= 11 is 11.5. The zero-order chi connectivity index (χ0) is 35.3. The van der Waals surface area contributed by atoms with Gasteiger partial charge in [-0.05, 0) is 36.0 Å². The van der Waals surface area contributed by atoms with E-state index in [0.717, 1.165) is 12.1 Å². The molecule has 20 nitrogen and oxygen atoms in total. The number of nitrogens with zero attached hydrogens (tertiary/aromatic N) is 4. The van der Waals surface area contributed by atoms with Crippen molar-refractivity contribution in [1.82, 2.24) is 4.67 Å². The topological polar surface area (TPSA) is 251 Å². The minimum atomic E-state index is -2.52. The molecule has 1 amide bonds. The summed E-state index contributed by atoms with van der Waals surface area (Å²) in [5, 5.41) is 28.7. The maximum atomic E-state index is 13.2. The Morgan fingerprint density at radius 2 is 1.65 bits per heavy atom. The summed E-state index contributed by atoms with van der Waals surface area (Å²) in [6.07, 6.45) is -2.87. The Morgan fingerprint density at radius 3 is 2.27 bits per heavy atom. The van der Waals surface area contributed by atoms with E-state index in [2.05, 4.69) is 19.8 Å². The van der Waals surface area contributed by atoms with Gasteiger partial charge in [0.05, 0.1) is 26.2 Å². The first-order valence-corrected chi connectivity index (χ1v) is 17.5. The minimum Gasteiger partial charge on any atom is -0.727 e. The maximum Gasteiger partial charge on any atom is 0.347 e. The highest BCUT2D eigenvalue weighted by molar-refractivity contribution is 8.56. The van der Waals surface area contributed by atoms with E-state index >= 15 is 0 Å². The molecule has 0 saturated carbocycles. The number of ether oxygens (including phenoxy) is 3. The highest BCUT2D eigenvalue weighted by atomic mass is 32.9. The van der Waals surface area contributed by atoms with Crippen molar-refractivity contribution < 1.29 is 58.4 Å². The van der Waals surface area contributed by atoms with Crippen molar-refractivity contribution in [2.24, 2.45) is 0 Å². The number of carbonyl (C=O) groups excluding carboxylic acids is 3. The number of hydrogen-bond donors (Lipinski definition) is 1. The molecule has 0 aromatic heterocycles. The first-order chi connectivity index (χ1) is 22.7. The van der Waals surface area contributed by atoms with Crippen LogP contribution in [0.25, 0.3) is 0 Å². The lowest BCUT2D eigenvalue weighted by Crippen LogP contribution is -2.35. The fourth-order valence-electron chi connectivity index (χ4n) is 4.04. The third-order valence-electron chi connectivity index (χ3n) is 6.18. The van der Waals surface area contributed by atoms with Crippen LogP contribution in [0.5, 0.6) is 11.5 Å². The van der Waals surface area contributed by atoms with Gasteiger partial charge in [0.1, 0.15) is 29.8 Å². The molecule has 0 spiro atoms. The van der Waals surface area contributed by atoms with Gasteiger partial charge in [-0.2, -0.15) is 0 Å². The van der Waals surface area contributed by atoms with Gasteiger partial charge in [-0.15, -0.1) is 42.1 Å². The molecule has 0 bridgehead atoms. The fourth-order valence-corrected chi connectivity index (χ4v) is 7.29. The molecule has 1 saturated heterocycles. The van der Waals surface area contributed by atoms with Crippen LogP contribution in [0.4, 0.5) is 5.69 Å². The number of rotatable bonds is 18. The van der Waals surface area contributed by atoms with E-state index in [4.69, 9.17) is 38.3 Å². The molecular formula is C25H27N5O15PS2-. The van der Waals surface area contributed by atoms with Crippen molar-refractivity contribution in [1.29, 1.82) is 0 Å². The third-order valence-corrected chi connectivity index (χ3v) is 10.9. The maximum absolute atomic E-state index is 13.2. The number of morpholine rings is 1. The van der Waals surface area contributed by atoms with Crippen molar-refractivity contribution in [3.05, 3.63) is 78.4 Å². The van der Waals surface area contributed by atoms with Crippen molar-refractivity contribution >= 4 is 58.3 Å². The summed E-state index contributed by atoms with van der Waals surface area (Å²) in [7, 11) is 0. The number of nitrogens with one attached hydrogen (secondary N) is 1. The number of anilines is 1. The van der Waals surface area contributed by atoms with Gasteiger partial charge >= 0.3 is 11.9 Å². The van der Waals surface area contributed by atoms with E-state index in [1.54, 1.807) is 12.1 Å². The average molecular weight is 733 g/mol. The number of hydrogen-bond acceptors (Lipinski definition) is 17. The summed E-state index contributed by atoms with van der Waals surface area (Å²) < 4.78 is 18.1. The fraction of sp³-hybridized carbons (Fsp3) is 0.400. The molecule has 1 aliphatic heterocycles. The lowest BCUT2D eigenvalue weighted by Gasteiger charge is -2.43.